The Bertz CT molecular complexity index is 625. The highest BCUT2D eigenvalue weighted by Crippen LogP contribution is 2.25. The van der Waals surface area contributed by atoms with E-state index in [1.165, 1.54) is 6.07 Å². The predicted molar refractivity (Wildman–Crippen MR) is 75.1 cm³/mol. The average Bonchev–Trinajstić information content (AvgIpc) is 2.45. The van der Waals surface area contributed by atoms with Crippen LogP contribution in [0.15, 0.2) is 42.5 Å². The molecule has 104 valence electrons. The molecule has 0 aliphatic heterocycles. The highest BCUT2D eigenvalue weighted by Gasteiger charge is 2.14. The minimum atomic E-state index is -1.11. The van der Waals surface area contributed by atoms with Crippen LogP contribution in [0.4, 0.5) is 5.69 Å². The van der Waals surface area contributed by atoms with Gasteiger partial charge in [-0.15, -0.1) is 0 Å². The summed E-state index contributed by atoms with van der Waals surface area (Å²) >= 11 is 0. The van der Waals surface area contributed by atoms with Gasteiger partial charge >= 0.3 is 5.97 Å². The summed E-state index contributed by atoms with van der Waals surface area (Å²) in [5.41, 5.74) is 6.70. The number of carbonyl (C=O) groups is 1. The molecule has 20 heavy (non-hydrogen) atoms. The van der Waals surface area contributed by atoms with E-state index in [0.29, 0.717) is 0 Å². The number of carboxylic acids is 1. The number of benzene rings is 2. The molecule has 0 heterocycles. The first-order valence-electron chi connectivity index (χ1n) is 5.99. The molecule has 0 spiro atoms. The second-order valence-corrected chi connectivity index (χ2v) is 4.17. The zero-order chi connectivity index (χ0) is 14.5. The number of anilines is 1. The van der Waals surface area contributed by atoms with Crippen molar-refractivity contribution in [2.24, 2.45) is 0 Å². The van der Waals surface area contributed by atoms with Crippen LogP contribution in [0.25, 0.3) is 0 Å². The fraction of sp³-hybridized carbons (Fsp3) is 0.133. The second-order valence-electron chi connectivity index (χ2n) is 4.17. The lowest BCUT2D eigenvalue weighted by Crippen LogP contribution is -2.07. The number of nitrogen functional groups attached to an aromatic ring is 1. The zero-order valence-electron chi connectivity index (χ0n) is 11.0. The molecule has 2 aromatic rings. The Morgan fingerprint density at radius 3 is 2.70 bits per heavy atom. The maximum atomic E-state index is 11.2. The van der Waals surface area contributed by atoms with E-state index in [1.807, 2.05) is 24.3 Å². The molecule has 0 aliphatic carbocycles. The Morgan fingerprint density at radius 2 is 2.00 bits per heavy atom. The average molecular weight is 273 g/mol. The van der Waals surface area contributed by atoms with E-state index < -0.39 is 5.97 Å². The smallest absolute Gasteiger partial charge is 0.341 e. The summed E-state index contributed by atoms with van der Waals surface area (Å²) in [5.74, 6) is -0.138. The fourth-order valence-electron chi connectivity index (χ4n) is 1.82. The van der Waals surface area contributed by atoms with E-state index in [0.717, 1.165) is 11.3 Å². The lowest BCUT2D eigenvalue weighted by atomic mass is 10.1. The third-order valence-corrected chi connectivity index (χ3v) is 2.80. The van der Waals surface area contributed by atoms with E-state index in [2.05, 4.69) is 0 Å². The first-order valence-corrected chi connectivity index (χ1v) is 5.99. The maximum absolute atomic E-state index is 11.2. The standard InChI is InChI=1S/C15H15NO4/c1-19-11-5-2-4-10(8-11)9-20-13-7-3-6-12(16)14(13)15(17)18/h2-8H,9,16H2,1H3,(H,17,18). The van der Waals surface area contributed by atoms with Crippen molar-refractivity contribution in [3.63, 3.8) is 0 Å². The fourth-order valence-corrected chi connectivity index (χ4v) is 1.82. The van der Waals surface area contributed by atoms with E-state index in [1.54, 1.807) is 19.2 Å². The highest BCUT2D eigenvalue weighted by molar-refractivity contribution is 5.96. The molecule has 0 radical (unpaired) electrons. The number of carboxylic acid groups (broad SMARTS) is 1. The monoisotopic (exact) mass is 273 g/mol. The molecule has 0 bridgehead atoms. The zero-order valence-corrected chi connectivity index (χ0v) is 11.0. The minimum Gasteiger partial charge on any atom is -0.497 e. The molecule has 0 unspecified atom stereocenters. The van der Waals surface area contributed by atoms with Gasteiger partial charge in [-0.25, -0.2) is 4.79 Å². The lowest BCUT2D eigenvalue weighted by Gasteiger charge is -2.11. The maximum Gasteiger partial charge on any atom is 0.341 e. The third-order valence-electron chi connectivity index (χ3n) is 2.80. The van der Waals surface area contributed by atoms with Gasteiger partial charge in [0.2, 0.25) is 0 Å². The number of nitrogens with two attached hydrogens (primary N) is 1. The summed E-state index contributed by atoms with van der Waals surface area (Å²) in [6, 6.07) is 12.1. The Balaban J connectivity index is 2.18. The number of methoxy groups -OCH3 is 1. The van der Waals surface area contributed by atoms with Gasteiger partial charge < -0.3 is 20.3 Å². The van der Waals surface area contributed by atoms with Gasteiger partial charge in [0.15, 0.2) is 0 Å². The van der Waals surface area contributed by atoms with Gasteiger partial charge in [-0.05, 0) is 29.8 Å². The summed E-state index contributed by atoms with van der Waals surface area (Å²) in [4.78, 5) is 11.2. The van der Waals surface area contributed by atoms with Crippen LogP contribution in [-0.4, -0.2) is 18.2 Å². The van der Waals surface area contributed by atoms with Crippen molar-refractivity contribution >= 4 is 11.7 Å². The third kappa shape index (κ3) is 3.00. The van der Waals surface area contributed by atoms with Crippen LogP contribution in [0.3, 0.4) is 0 Å². The molecule has 2 rings (SSSR count). The normalized spacial score (nSPS) is 10.1. The van der Waals surface area contributed by atoms with Crippen molar-refractivity contribution in [1.29, 1.82) is 0 Å². The van der Waals surface area contributed by atoms with Crippen molar-refractivity contribution in [3.8, 4) is 11.5 Å². The molecule has 3 N–H and O–H groups in total. The van der Waals surface area contributed by atoms with Gasteiger partial charge in [-0.1, -0.05) is 18.2 Å². The summed E-state index contributed by atoms with van der Waals surface area (Å²) in [6.07, 6.45) is 0. The molecule has 0 saturated heterocycles. The summed E-state index contributed by atoms with van der Waals surface area (Å²) in [7, 11) is 1.58. The van der Waals surface area contributed by atoms with Crippen LogP contribution in [0, 0.1) is 0 Å². The molecule has 0 saturated carbocycles. The van der Waals surface area contributed by atoms with Crippen molar-refractivity contribution < 1.29 is 19.4 Å². The molecule has 5 heteroatoms. The van der Waals surface area contributed by atoms with Gasteiger partial charge in [0.05, 0.1) is 7.11 Å². The summed E-state index contributed by atoms with van der Waals surface area (Å²) in [5, 5.41) is 9.15. The minimum absolute atomic E-state index is 0.0182. The van der Waals surface area contributed by atoms with Crippen LogP contribution >= 0.6 is 0 Å². The van der Waals surface area contributed by atoms with Gasteiger partial charge in [0, 0.05) is 5.69 Å². The topological polar surface area (TPSA) is 81.8 Å². The molecular formula is C15H15NO4. The quantitative estimate of drug-likeness (QED) is 0.818. The van der Waals surface area contributed by atoms with Crippen molar-refractivity contribution in [2.75, 3.05) is 12.8 Å². The van der Waals surface area contributed by atoms with Gasteiger partial charge in [0.25, 0.3) is 0 Å². The van der Waals surface area contributed by atoms with Crippen molar-refractivity contribution in [2.45, 2.75) is 6.61 Å². The Hall–Kier alpha value is -2.69. The largest absolute Gasteiger partial charge is 0.497 e. The van der Waals surface area contributed by atoms with Crippen LogP contribution in [-0.2, 0) is 6.61 Å². The number of aromatic carboxylic acids is 1. The van der Waals surface area contributed by atoms with Crippen molar-refractivity contribution in [1.82, 2.24) is 0 Å². The van der Waals surface area contributed by atoms with Crippen LogP contribution in [0.1, 0.15) is 15.9 Å². The van der Waals surface area contributed by atoms with Crippen molar-refractivity contribution in [3.05, 3.63) is 53.6 Å². The number of hydrogen-bond donors (Lipinski definition) is 2. The number of ether oxygens (including phenoxy) is 2. The molecule has 0 atom stereocenters. The molecule has 5 nitrogen and oxygen atoms in total. The molecule has 2 aromatic carbocycles. The van der Waals surface area contributed by atoms with Gasteiger partial charge in [-0.3, -0.25) is 0 Å². The SMILES string of the molecule is COc1cccc(COc2cccc(N)c2C(=O)O)c1. The second kappa shape index (κ2) is 5.97. The molecule has 0 fully saturated rings. The molecule has 0 amide bonds. The van der Waals surface area contributed by atoms with Gasteiger partial charge in [-0.2, -0.15) is 0 Å². The first kappa shape index (κ1) is 13.7. The summed E-state index contributed by atoms with van der Waals surface area (Å²) < 4.78 is 10.7. The number of hydrogen-bond acceptors (Lipinski definition) is 4. The molecule has 0 aliphatic rings. The predicted octanol–water partition coefficient (Wildman–Crippen LogP) is 2.55. The van der Waals surface area contributed by atoms with E-state index in [-0.39, 0.29) is 23.6 Å². The Kier molecular flexibility index (Phi) is 4.10. The number of rotatable bonds is 5. The van der Waals surface area contributed by atoms with Crippen LogP contribution < -0.4 is 15.2 Å². The summed E-state index contributed by atoms with van der Waals surface area (Å²) in [6.45, 7) is 0.237. The Labute approximate surface area is 116 Å². The first-order chi connectivity index (χ1) is 9.61. The van der Waals surface area contributed by atoms with Crippen LogP contribution in [0.2, 0.25) is 0 Å². The highest BCUT2D eigenvalue weighted by atomic mass is 16.5. The van der Waals surface area contributed by atoms with E-state index in [4.69, 9.17) is 20.3 Å². The molecular weight excluding hydrogens is 258 g/mol. The van der Waals surface area contributed by atoms with E-state index in [9.17, 15) is 4.79 Å². The lowest BCUT2D eigenvalue weighted by molar-refractivity contribution is 0.0693. The van der Waals surface area contributed by atoms with Gasteiger partial charge in [0.1, 0.15) is 23.7 Å². The Morgan fingerprint density at radius 1 is 1.25 bits per heavy atom. The van der Waals surface area contributed by atoms with E-state index >= 15 is 0 Å². The van der Waals surface area contributed by atoms with Crippen LogP contribution in [0.5, 0.6) is 11.5 Å². The molecule has 0 aromatic heterocycles.